The van der Waals surface area contributed by atoms with Gasteiger partial charge in [-0.3, -0.25) is 0 Å². The second kappa shape index (κ2) is 8.79. The van der Waals surface area contributed by atoms with Crippen molar-refractivity contribution in [3.8, 4) is 11.5 Å². The van der Waals surface area contributed by atoms with Crippen molar-refractivity contribution in [1.82, 2.24) is 15.2 Å². The van der Waals surface area contributed by atoms with Crippen molar-refractivity contribution in [2.75, 3.05) is 31.4 Å². The maximum Gasteiger partial charge on any atom is 0.249 e. The van der Waals surface area contributed by atoms with Crippen LogP contribution in [0.5, 0.6) is 11.5 Å². The van der Waals surface area contributed by atoms with E-state index in [1.807, 2.05) is 12.1 Å². The minimum Gasteiger partial charge on any atom is -0.497 e. The highest BCUT2D eigenvalue weighted by molar-refractivity contribution is 5.64. The van der Waals surface area contributed by atoms with Gasteiger partial charge in [-0.25, -0.2) is 4.39 Å². The molecule has 0 saturated heterocycles. The van der Waals surface area contributed by atoms with Gasteiger partial charge in [-0.1, -0.05) is 12.1 Å². The lowest BCUT2D eigenvalue weighted by atomic mass is 10.1. The number of ether oxygens (including phenoxy) is 2. The molecule has 0 aliphatic heterocycles. The highest BCUT2D eigenvalue weighted by Crippen LogP contribution is 2.30. The third-order valence-corrected chi connectivity index (χ3v) is 3.85. The average Bonchev–Trinajstić information content (AvgIpc) is 2.70. The normalized spacial score (nSPS) is 10.3. The molecule has 0 unspecified atom stereocenters. The Morgan fingerprint density at radius 3 is 2.59 bits per heavy atom. The van der Waals surface area contributed by atoms with E-state index in [0.29, 0.717) is 35.5 Å². The number of aromatic nitrogens is 3. The van der Waals surface area contributed by atoms with Crippen LogP contribution < -0.4 is 20.1 Å². The first-order chi connectivity index (χ1) is 13.2. The van der Waals surface area contributed by atoms with E-state index < -0.39 is 0 Å². The van der Waals surface area contributed by atoms with Crippen molar-refractivity contribution in [3.63, 3.8) is 0 Å². The first kappa shape index (κ1) is 18.4. The Labute approximate surface area is 156 Å². The number of methoxy groups -OCH3 is 2. The first-order valence-electron chi connectivity index (χ1n) is 8.35. The van der Waals surface area contributed by atoms with Crippen molar-refractivity contribution in [3.05, 3.63) is 60.0 Å². The second-order valence-corrected chi connectivity index (χ2v) is 5.66. The summed E-state index contributed by atoms with van der Waals surface area (Å²) in [5.41, 5.74) is 1.73. The van der Waals surface area contributed by atoms with Gasteiger partial charge in [0.2, 0.25) is 5.95 Å². The molecule has 0 fully saturated rings. The number of nitrogens with zero attached hydrogens (tertiary/aromatic N) is 3. The molecule has 1 aromatic heterocycles. The molecular formula is C19H20FN5O2. The third kappa shape index (κ3) is 5.04. The second-order valence-electron chi connectivity index (χ2n) is 5.66. The van der Waals surface area contributed by atoms with E-state index in [-0.39, 0.29) is 5.82 Å². The summed E-state index contributed by atoms with van der Waals surface area (Å²) in [6.45, 7) is 0.635. The summed E-state index contributed by atoms with van der Waals surface area (Å²) >= 11 is 0. The summed E-state index contributed by atoms with van der Waals surface area (Å²) in [5, 5.41) is 14.2. The molecular weight excluding hydrogens is 349 g/mol. The van der Waals surface area contributed by atoms with Crippen molar-refractivity contribution >= 4 is 17.5 Å². The van der Waals surface area contributed by atoms with Crippen LogP contribution in [0.1, 0.15) is 5.56 Å². The minimum atomic E-state index is -0.239. The lowest BCUT2D eigenvalue weighted by Crippen LogP contribution is -2.09. The van der Waals surface area contributed by atoms with Crippen LogP contribution in [0.3, 0.4) is 0 Å². The molecule has 3 aromatic rings. The molecule has 0 radical (unpaired) electrons. The number of rotatable bonds is 8. The molecule has 0 saturated carbocycles. The van der Waals surface area contributed by atoms with Crippen LogP contribution >= 0.6 is 0 Å². The molecule has 0 bridgehead atoms. The topological polar surface area (TPSA) is 81.2 Å². The van der Waals surface area contributed by atoms with Gasteiger partial charge in [-0.15, -0.1) is 5.10 Å². The van der Waals surface area contributed by atoms with Crippen molar-refractivity contribution in [2.45, 2.75) is 6.42 Å². The van der Waals surface area contributed by atoms with Gasteiger partial charge >= 0.3 is 0 Å². The standard InChI is InChI=1S/C19H20FN5O2/c1-26-15-7-8-16(17(11-15)27-2)23-19-24-18(12-22-25-19)21-10-9-13-3-5-14(20)6-4-13/h3-8,11-12H,9-10H2,1-2H3,(H2,21,23,24,25). The van der Waals surface area contributed by atoms with Gasteiger partial charge in [-0.2, -0.15) is 10.1 Å². The van der Waals surface area contributed by atoms with Crippen molar-refractivity contribution < 1.29 is 13.9 Å². The van der Waals surface area contributed by atoms with Crippen LogP contribution in [-0.4, -0.2) is 35.9 Å². The summed E-state index contributed by atoms with van der Waals surface area (Å²) in [7, 11) is 3.17. The number of halogens is 1. The van der Waals surface area contributed by atoms with Gasteiger partial charge in [-0.05, 0) is 36.2 Å². The molecule has 8 heteroatoms. The molecule has 0 aliphatic carbocycles. The van der Waals surface area contributed by atoms with Crippen LogP contribution in [0, 0.1) is 5.82 Å². The number of hydrogen-bond donors (Lipinski definition) is 2. The fourth-order valence-electron chi connectivity index (χ4n) is 2.45. The largest absolute Gasteiger partial charge is 0.497 e. The Morgan fingerprint density at radius 1 is 1.04 bits per heavy atom. The average molecular weight is 369 g/mol. The highest BCUT2D eigenvalue weighted by atomic mass is 19.1. The Morgan fingerprint density at radius 2 is 1.85 bits per heavy atom. The van der Waals surface area contributed by atoms with Gasteiger partial charge in [0, 0.05) is 12.6 Å². The van der Waals surface area contributed by atoms with Crippen LogP contribution in [0.4, 0.5) is 21.8 Å². The summed E-state index contributed by atoms with van der Waals surface area (Å²) in [6, 6.07) is 11.8. The van der Waals surface area contributed by atoms with Crippen LogP contribution in [0.25, 0.3) is 0 Å². The zero-order chi connectivity index (χ0) is 19.1. The molecule has 0 amide bonds. The predicted octanol–water partition coefficient (Wildman–Crippen LogP) is 3.43. The number of anilines is 3. The Balaban J connectivity index is 1.62. The molecule has 0 atom stereocenters. The molecule has 1 heterocycles. The third-order valence-electron chi connectivity index (χ3n) is 3.85. The highest BCUT2D eigenvalue weighted by Gasteiger charge is 2.08. The maximum absolute atomic E-state index is 12.9. The van der Waals surface area contributed by atoms with Gasteiger partial charge in [0.15, 0.2) is 5.82 Å². The summed E-state index contributed by atoms with van der Waals surface area (Å²) in [4.78, 5) is 4.39. The summed E-state index contributed by atoms with van der Waals surface area (Å²) in [5.74, 6) is 1.98. The van der Waals surface area contributed by atoms with E-state index in [1.165, 1.54) is 12.1 Å². The molecule has 7 nitrogen and oxygen atoms in total. The lowest BCUT2D eigenvalue weighted by molar-refractivity contribution is 0.395. The molecule has 2 N–H and O–H groups in total. The quantitative estimate of drug-likeness (QED) is 0.629. The monoisotopic (exact) mass is 369 g/mol. The van der Waals surface area contributed by atoms with E-state index in [0.717, 1.165) is 12.0 Å². The van der Waals surface area contributed by atoms with Crippen molar-refractivity contribution in [2.24, 2.45) is 0 Å². The Bertz CT molecular complexity index is 890. The molecule has 140 valence electrons. The van der Waals surface area contributed by atoms with Crippen LogP contribution in [0.15, 0.2) is 48.7 Å². The number of nitrogens with one attached hydrogen (secondary N) is 2. The lowest BCUT2D eigenvalue weighted by Gasteiger charge is -2.12. The Hall–Kier alpha value is -3.42. The molecule has 2 aromatic carbocycles. The maximum atomic E-state index is 12.9. The fraction of sp³-hybridized carbons (Fsp3) is 0.211. The number of hydrogen-bond acceptors (Lipinski definition) is 7. The minimum absolute atomic E-state index is 0.239. The summed E-state index contributed by atoms with van der Waals surface area (Å²) < 4.78 is 23.5. The predicted molar refractivity (Wildman–Crippen MR) is 101 cm³/mol. The molecule has 27 heavy (non-hydrogen) atoms. The van der Waals surface area contributed by atoms with E-state index in [2.05, 4.69) is 25.8 Å². The van der Waals surface area contributed by atoms with Gasteiger partial charge < -0.3 is 20.1 Å². The smallest absolute Gasteiger partial charge is 0.249 e. The zero-order valence-corrected chi connectivity index (χ0v) is 15.1. The van der Waals surface area contributed by atoms with E-state index in [1.54, 1.807) is 38.6 Å². The van der Waals surface area contributed by atoms with Crippen LogP contribution in [-0.2, 0) is 6.42 Å². The molecule has 0 spiro atoms. The van der Waals surface area contributed by atoms with E-state index in [9.17, 15) is 4.39 Å². The van der Waals surface area contributed by atoms with Gasteiger partial charge in [0.25, 0.3) is 0 Å². The zero-order valence-electron chi connectivity index (χ0n) is 15.1. The Kier molecular flexibility index (Phi) is 5.98. The number of benzene rings is 2. The van der Waals surface area contributed by atoms with Gasteiger partial charge in [0.1, 0.15) is 17.3 Å². The molecule has 3 rings (SSSR count). The van der Waals surface area contributed by atoms with Crippen LogP contribution in [0.2, 0.25) is 0 Å². The first-order valence-corrected chi connectivity index (χ1v) is 8.35. The SMILES string of the molecule is COc1ccc(Nc2nncc(NCCc3ccc(F)cc3)n2)c(OC)c1. The van der Waals surface area contributed by atoms with Gasteiger partial charge in [0.05, 0.1) is 26.1 Å². The van der Waals surface area contributed by atoms with E-state index >= 15 is 0 Å². The van der Waals surface area contributed by atoms with Crippen molar-refractivity contribution in [1.29, 1.82) is 0 Å². The molecule has 0 aliphatic rings. The van der Waals surface area contributed by atoms with E-state index in [4.69, 9.17) is 9.47 Å². The summed E-state index contributed by atoms with van der Waals surface area (Å²) in [6.07, 6.45) is 2.28. The fourth-order valence-corrected chi connectivity index (χ4v) is 2.45.